The van der Waals surface area contributed by atoms with Gasteiger partial charge in [0.15, 0.2) is 0 Å². The van der Waals surface area contributed by atoms with E-state index in [1.165, 1.54) is 17.7 Å². The van der Waals surface area contributed by atoms with Gasteiger partial charge in [0.2, 0.25) is 0 Å². The highest BCUT2D eigenvalue weighted by Crippen LogP contribution is 2.34. The molecule has 4 atom stereocenters. The highest BCUT2D eigenvalue weighted by molar-refractivity contribution is 9.10. The van der Waals surface area contributed by atoms with E-state index in [1.807, 2.05) is 6.92 Å². The SMILES string of the molecule is CC1CC(C)C(C)N(c2ccc(C(C)N)c(Br)c2)C1. The number of hydrogen-bond donors (Lipinski definition) is 1. The second-order valence-electron chi connectivity index (χ2n) is 6.21. The molecule has 1 aromatic rings. The average Bonchev–Trinajstić information content (AvgIpc) is 2.33. The summed E-state index contributed by atoms with van der Waals surface area (Å²) in [4.78, 5) is 2.54. The maximum atomic E-state index is 5.97. The van der Waals surface area contributed by atoms with Gasteiger partial charge in [0.1, 0.15) is 0 Å². The van der Waals surface area contributed by atoms with E-state index in [1.54, 1.807) is 0 Å². The Morgan fingerprint density at radius 1 is 1.32 bits per heavy atom. The van der Waals surface area contributed by atoms with Crippen LogP contribution in [0.1, 0.15) is 45.7 Å². The number of nitrogens with zero attached hydrogens (tertiary/aromatic N) is 1. The second-order valence-corrected chi connectivity index (χ2v) is 7.06. The van der Waals surface area contributed by atoms with Gasteiger partial charge >= 0.3 is 0 Å². The van der Waals surface area contributed by atoms with Crippen LogP contribution in [0.15, 0.2) is 22.7 Å². The molecule has 2 nitrogen and oxygen atoms in total. The topological polar surface area (TPSA) is 29.3 Å². The zero-order chi connectivity index (χ0) is 14.2. The first-order valence-corrected chi connectivity index (χ1v) is 8.01. The predicted molar refractivity (Wildman–Crippen MR) is 86.5 cm³/mol. The molecule has 1 aromatic carbocycles. The number of halogens is 1. The third kappa shape index (κ3) is 3.14. The van der Waals surface area contributed by atoms with Gasteiger partial charge in [-0.25, -0.2) is 0 Å². The van der Waals surface area contributed by atoms with Gasteiger partial charge in [-0.15, -0.1) is 0 Å². The number of piperidine rings is 1. The van der Waals surface area contributed by atoms with Crippen LogP contribution in [0.2, 0.25) is 0 Å². The minimum atomic E-state index is 0.0695. The number of benzene rings is 1. The Kier molecular flexibility index (Phi) is 4.57. The first-order chi connectivity index (χ1) is 8.90. The summed E-state index contributed by atoms with van der Waals surface area (Å²) in [5.74, 6) is 1.51. The second kappa shape index (κ2) is 5.84. The zero-order valence-electron chi connectivity index (χ0n) is 12.4. The van der Waals surface area contributed by atoms with Crippen molar-refractivity contribution in [2.75, 3.05) is 11.4 Å². The van der Waals surface area contributed by atoms with Gasteiger partial charge in [-0.2, -0.15) is 0 Å². The summed E-state index contributed by atoms with van der Waals surface area (Å²) in [6.07, 6.45) is 1.33. The van der Waals surface area contributed by atoms with Crippen LogP contribution in [0.3, 0.4) is 0 Å². The molecule has 0 radical (unpaired) electrons. The summed E-state index contributed by atoms with van der Waals surface area (Å²) < 4.78 is 1.12. The first kappa shape index (κ1) is 14.9. The Labute approximate surface area is 125 Å². The fourth-order valence-electron chi connectivity index (χ4n) is 3.12. The van der Waals surface area contributed by atoms with Crippen molar-refractivity contribution >= 4 is 21.6 Å². The standard InChI is InChI=1S/C16H25BrN2/c1-10-7-11(2)13(4)19(9-10)14-5-6-15(12(3)18)16(17)8-14/h5-6,8,10-13H,7,9,18H2,1-4H3. The lowest BCUT2D eigenvalue weighted by Crippen LogP contribution is -2.45. The van der Waals surface area contributed by atoms with Gasteiger partial charge in [0.25, 0.3) is 0 Å². The molecular weight excluding hydrogens is 300 g/mol. The molecule has 106 valence electrons. The fraction of sp³-hybridized carbons (Fsp3) is 0.625. The van der Waals surface area contributed by atoms with E-state index in [0.29, 0.717) is 6.04 Å². The van der Waals surface area contributed by atoms with Crippen LogP contribution in [-0.4, -0.2) is 12.6 Å². The molecule has 0 bridgehead atoms. The molecule has 0 spiro atoms. The lowest BCUT2D eigenvalue weighted by molar-refractivity contribution is 0.297. The molecule has 1 aliphatic heterocycles. The first-order valence-electron chi connectivity index (χ1n) is 7.21. The highest BCUT2D eigenvalue weighted by atomic mass is 79.9. The molecule has 0 aliphatic carbocycles. The van der Waals surface area contributed by atoms with Crippen molar-refractivity contribution in [1.29, 1.82) is 0 Å². The number of nitrogens with two attached hydrogens (primary N) is 1. The fourth-order valence-corrected chi connectivity index (χ4v) is 3.85. The van der Waals surface area contributed by atoms with E-state index in [2.05, 4.69) is 59.8 Å². The number of hydrogen-bond acceptors (Lipinski definition) is 2. The molecule has 3 heteroatoms. The Morgan fingerprint density at radius 3 is 2.58 bits per heavy atom. The summed E-state index contributed by atoms with van der Waals surface area (Å²) in [6, 6.07) is 7.26. The number of anilines is 1. The van der Waals surface area contributed by atoms with Crippen LogP contribution in [0.4, 0.5) is 5.69 Å². The summed E-state index contributed by atoms with van der Waals surface area (Å²) in [6.45, 7) is 10.2. The molecule has 1 heterocycles. The molecule has 19 heavy (non-hydrogen) atoms. The van der Waals surface area contributed by atoms with Crippen molar-refractivity contribution in [2.45, 2.75) is 46.2 Å². The molecule has 1 saturated heterocycles. The van der Waals surface area contributed by atoms with Crippen molar-refractivity contribution in [3.05, 3.63) is 28.2 Å². The highest BCUT2D eigenvalue weighted by Gasteiger charge is 2.29. The van der Waals surface area contributed by atoms with E-state index in [-0.39, 0.29) is 6.04 Å². The monoisotopic (exact) mass is 324 g/mol. The maximum absolute atomic E-state index is 5.97. The van der Waals surface area contributed by atoms with Crippen LogP contribution in [-0.2, 0) is 0 Å². The van der Waals surface area contributed by atoms with Gasteiger partial charge in [0, 0.05) is 28.8 Å². The molecule has 2 N–H and O–H groups in total. The molecule has 1 fully saturated rings. The van der Waals surface area contributed by atoms with E-state index in [0.717, 1.165) is 22.9 Å². The Hall–Kier alpha value is -0.540. The Bertz CT molecular complexity index is 444. The molecule has 0 aromatic heterocycles. The van der Waals surface area contributed by atoms with Crippen LogP contribution >= 0.6 is 15.9 Å². The molecule has 0 amide bonds. The van der Waals surface area contributed by atoms with Crippen molar-refractivity contribution in [1.82, 2.24) is 0 Å². The number of rotatable bonds is 2. The van der Waals surface area contributed by atoms with Crippen molar-refractivity contribution in [3.8, 4) is 0 Å². The van der Waals surface area contributed by atoms with Crippen LogP contribution in [0.5, 0.6) is 0 Å². The summed E-state index contributed by atoms with van der Waals surface area (Å²) in [7, 11) is 0. The van der Waals surface area contributed by atoms with Gasteiger partial charge in [-0.3, -0.25) is 0 Å². The van der Waals surface area contributed by atoms with Crippen molar-refractivity contribution in [3.63, 3.8) is 0 Å². The van der Waals surface area contributed by atoms with Gasteiger partial charge in [0.05, 0.1) is 0 Å². The van der Waals surface area contributed by atoms with E-state index in [9.17, 15) is 0 Å². The third-order valence-electron chi connectivity index (χ3n) is 4.40. The molecule has 1 aliphatic rings. The molecular formula is C16H25BrN2. The quantitative estimate of drug-likeness (QED) is 0.876. The van der Waals surface area contributed by atoms with Gasteiger partial charge in [-0.05, 0) is 49.8 Å². The normalized spacial score (nSPS) is 29.4. The Morgan fingerprint density at radius 2 is 2.00 bits per heavy atom. The van der Waals surface area contributed by atoms with E-state index in [4.69, 9.17) is 5.73 Å². The third-order valence-corrected chi connectivity index (χ3v) is 5.09. The van der Waals surface area contributed by atoms with Crippen molar-refractivity contribution < 1.29 is 0 Å². The summed E-state index contributed by atoms with van der Waals surface area (Å²) in [5, 5.41) is 0. The Balaban J connectivity index is 2.28. The average molecular weight is 325 g/mol. The predicted octanol–water partition coefficient (Wildman–Crippen LogP) is 4.34. The minimum Gasteiger partial charge on any atom is -0.368 e. The molecule has 0 saturated carbocycles. The molecule has 4 unspecified atom stereocenters. The van der Waals surface area contributed by atoms with Crippen LogP contribution in [0, 0.1) is 11.8 Å². The van der Waals surface area contributed by atoms with E-state index < -0.39 is 0 Å². The minimum absolute atomic E-state index is 0.0695. The largest absolute Gasteiger partial charge is 0.368 e. The van der Waals surface area contributed by atoms with Crippen LogP contribution < -0.4 is 10.6 Å². The van der Waals surface area contributed by atoms with Crippen LogP contribution in [0.25, 0.3) is 0 Å². The zero-order valence-corrected chi connectivity index (χ0v) is 13.9. The lowest BCUT2D eigenvalue weighted by Gasteiger charge is -2.42. The van der Waals surface area contributed by atoms with E-state index >= 15 is 0 Å². The maximum Gasteiger partial charge on any atom is 0.0380 e. The van der Waals surface area contributed by atoms with Crippen molar-refractivity contribution in [2.24, 2.45) is 17.6 Å². The molecule has 2 rings (SSSR count). The summed E-state index contributed by atoms with van der Waals surface area (Å²) in [5.41, 5.74) is 8.45. The lowest BCUT2D eigenvalue weighted by atomic mass is 9.85. The van der Waals surface area contributed by atoms with Gasteiger partial charge in [-0.1, -0.05) is 35.8 Å². The smallest absolute Gasteiger partial charge is 0.0380 e. The van der Waals surface area contributed by atoms with Gasteiger partial charge < -0.3 is 10.6 Å². The summed E-state index contributed by atoms with van der Waals surface area (Å²) >= 11 is 3.66.